The fraction of sp³-hybridized carbons (Fsp3) is 0.333. The largest absolute Gasteiger partial charge is 0.465 e. The van der Waals surface area contributed by atoms with E-state index in [4.69, 9.17) is 0 Å². The maximum absolute atomic E-state index is 12.6. The van der Waals surface area contributed by atoms with Gasteiger partial charge in [-0.2, -0.15) is 0 Å². The molecule has 15 heavy (non-hydrogen) atoms. The van der Waals surface area contributed by atoms with Crippen molar-refractivity contribution in [1.82, 2.24) is 4.98 Å². The maximum atomic E-state index is 12.6. The van der Waals surface area contributed by atoms with E-state index in [1.807, 2.05) is 0 Å². The first-order valence-corrected chi connectivity index (χ1v) is 4.79. The molecule has 0 aliphatic carbocycles. The Kier molecular flexibility index (Phi) is 3.73. The van der Waals surface area contributed by atoms with Crippen LogP contribution in [0, 0.1) is 6.92 Å². The fourth-order valence-corrected chi connectivity index (χ4v) is 1.73. The molecule has 0 radical (unpaired) electrons. The van der Waals surface area contributed by atoms with E-state index < -0.39 is 12.4 Å². The highest BCUT2D eigenvalue weighted by Gasteiger charge is 2.21. The van der Waals surface area contributed by atoms with Gasteiger partial charge in [-0.3, -0.25) is 0 Å². The summed E-state index contributed by atoms with van der Waals surface area (Å²) in [7, 11) is 1.19. The van der Waals surface area contributed by atoms with Gasteiger partial charge >= 0.3 is 5.97 Å². The van der Waals surface area contributed by atoms with Crippen molar-refractivity contribution in [2.45, 2.75) is 13.3 Å². The standard InChI is InChI=1S/C9H8BrF2NO2/c1-4-5(9(14)15-2)3-13-7(10)6(4)8(11)12/h3,8H,1-2H3. The van der Waals surface area contributed by atoms with Gasteiger partial charge in [-0.05, 0) is 28.4 Å². The van der Waals surface area contributed by atoms with E-state index in [-0.39, 0.29) is 21.3 Å². The lowest BCUT2D eigenvalue weighted by molar-refractivity contribution is 0.0598. The molecule has 0 unspecified atom stereocenters. The number of pyridine rings is 1. The van der Waals surface area contributed by atoms with Crippen molar-refractivity contribution in [3.8, 4) is 0 Å². The van der Waals surface area contributed by atoms with Crippen molar-refractivity contribution in [2.24, 2.45) is 0 Å². The molecule has 0 saturated heterocycles. The molecule has 0 aliphatic heterocycles. The number of carbonyl (C=O) groups is 1. The quantitative estimate of drug-likeness (QED) is 0.617. The molecule has 0 spiro atoms. The predicted molar refractivity (Wildman–Crippen MR) is 53.0 cm³/mol. The van der Waals surface area contributed by atoms with Gasteiger partial charge in [0.25, 0.3) is 6.43 Å². The first kappa shape index (κ1) is 12.0. The Morgan fingerprint density at radius 3 is 2.67 bits per heavy atom. The Labute approximate surface area is 93.6 Å². The number of halogens is 3. The fourth-order valence-electron chi connectivity index (χ4n) is 1.16. The molecule has 0 bridgehead atoms. The summed E-state index contributed by atoms with van der Waals surface area (Å²) in [6, 6.07) is 0. The zero-order chi connectivity index (χ0) is 11.6. The molecule has 1 aromatic rings. The Balaban J connectivity index is 3.35. The van der Waals surface area contributed by atoms with Gasteiger partial charge in [-0.15, -0.1) is 0 Å². The highest BCUT2D eigenvalue weighted by molar-refractivity contribution is 9.10. The van der Waals surface area contributed by atoms with Crippen molar-refractivity contribution in [3.05, 3.63) is 27.5 Å². The summed E-state index contributed by atoms with van der Waals surface area (Å²) < 4.78 is 29.7. The third-order valence-electron chi connectivity index (χ3n) is 1.96. The summed E-state index contributed by atoms with van der Waals surface area (Å²) in [6.45, 7) is 1.43. The van der Waals surface area contributed by atoms with E-state index in [0.717, 1.165) is 0 Å². The van der Waals surface area contributed by atoms with Crippen LogP contribution in [0.4, 0.5) is 8.78 Å². The van der Waals surface area contributed by atoms with Gasteiger partial charge in [0.05, 0.1) is 18.2 Å². The summed E-state index contributed by atoms with van der Waals surface area (Å²) in [6.07, 6.45) is -1.48. The molecular formula is C9H8BrF2NO2. The third-order valence-corrected chi connectivity index (χ3v) is 2.59. The van der Waals surface area contributed by atoms with Crippen LogP contribution in [0.2, 0.25) is 0 Å². The van der Waals surface area contributed by atoms with Gasteiger partial charge in [-0.25, -0.2) is 18.6 Å². The average Bonchev–Trinajstić information content (AvgIpc) is 2.16. The third kappa shape index (κ3) is 2.31. The molecule has 0 aliphatic rings. The molecule has 0 fully saturated rings. The van der Waals surface area contributed by atoms with Gasteiger partial charge in [0.15, 0.2) is 0 Å². The molecule has 0 N–H and O–H groups in total. The average molecular weight is 280 g/mol. The Morgan fingerprint density at radius 2 is 2.20 bits per heavy atom. The number of alkyl halides is 2. The molecule has 3 nitrogen and oxygen atoms in total. The number of aromatic nitrogens is 1. The van der Waals surface area contributed by atoms with Crippen LogP contribution in [-0.2, 0) is 4.74 Å². The molecule has 0 saturated carbocycles. The lowest BCUT2D eigenvalue weighted by atomic mass is 10.1. The Bertz CT molecular complexity index is 396. The summed E-state index contributed by atoms with van der Waals surface area (Å²) in [4.78, 5) is 14.9. The monoisotopic (exact) mass is 279 g/mol. The summed E-state index contributed by atoms with van der Waals surface area (Å²) >= 11 is 2.91. The zero-order valence-electron chi connectivity index (χ0n) is 8.05. The second kappa shape index (κ2) is 4.65. The highest BCUT2D eigenvalue weighted by atomic mass is 79.9. The normalized spacial score (nSPS) is 10.5. The molecule has 82 valence electrons. The van der Waals surface area contributed by atoms with Crippen LogP contribution in [0.15, 0.2) is 10.8 Å². The minimum absolute atomic E-state index is 0.0441. The first-order chi connectivity index (χ1) is 6.99. The number of esters is 1. The van der Waals surface area contributed by atoms with Crippen LogP contribution in [-0.4, -0.2) is 18.1 Å². The van der Waals surface area contributed by atoms with Gasteiger partial charge in [0.2, 0.25) is 0 Å². The van der Waals surface area contributed by atoms with Crippen LogP contribution < -0.4 is 0 Å². The maximum Gasteiger partial charge on any atom is 0.339 e. The van der Waals surface area contributed by atoms with Gasteiger partial charge in [0, 0.05) is 6.20 Å². The predicted octanol–water partition coefficient (Wildman–Crippen LogP) is 2.88. The van der Waals surface area contributed by atoms with Gasteiger partial charge in [0.1, 0.15) is 4.60 Å². The zero-order valence-corrected chi connectivity index (χ0v) is 9.64. The van der Waals surface area contributed by atoms with E-state index >= 15 is 0 Å². The number of ether oxygens (including phenoxy) is 1. The van der Waals surface area contributed by atoms with Crippen molar-refractivity contribution in [2.75, 3.05) is 7.11 Å². The Hall–Kier alpha value is -1.04. The van der Waals surface area contributed by atoms with Crippen molar-refractivity contribution in [1.29, 1.82) is 0 Å². The topological polar surface area (TPSA) is 39.2 Å². The van der Waals surface area contributed by atoms with Crippen molar-refractivity contribution < 1.29 is 18.3 Å². The minimum Gasteiger partial charge on any atom is -0.465 e. The van der Waals surface area contributed by atoms with Crippen LogP contribution in [0.3, 0.4) is 0 Å². The summed E-state index contributed by atoms with van der Waals surface area (Å²) in [5.41, 5.74) is -0.0485. The molecule has 1 rings (SSSR count). The molecular weight excluding hydrogens is 272 g/mol. The van der Waals surface area contributed by atoms with E-state index in [0.29, 0.717) is 0 Å². The number of hydrogen-bond acceptors (Lipinski definition) is 3. The summed E-state index contributed by atoms with van der Waals surface area (Å²) in [5, 5.41) is 0. The van der Waals surface area contributed by atoms with Gasteiger partial charge in [-0.1, -0.05) is 0 Å². The number of nitrogens with zero attached hydrogens (tertiary/aromatic N) is 1. The highest BCUT2D eigenvalue weighted by Crippen LogP contribution is 2.30. The van der Waals surface area contributed by atoms with Crippen LogP contribution in [0.5, 0.6) is 0 Å². The lowest BCUT2D eigenvalue weighted by Gasteiger charge is -2.10. The molecule has 1 aromatic heterocycles. The summed E-state index contributed by atoms with van der Waals surface area (Å²) in [5.74, 6) is -0.672. The number of methoxy groups -OCH3 is 1. The van der Waals surface area contributed by atoms with Crippen LogP contribution in [0.1, 0.15) is 27.9 Å². The molecule has 0 aromatic carbocycles. The molecule has 6 heteroatoms. The van der Waals surface area contributed by atoms with E-state index in [1.165, 1.54) is 20.2 Å². The minimum atomic E-state index is -2.68. The van der Waals surface area contributed by atoms with E-state index in [1.54, 1.807) is 0 Å². The van der Waals surface area contributed by atoms with E-state index in [9.17, 15) is 13.6 Å². The van der Waals surface area contributed by atoms with Crippen LogP contribution >= 0.6 is 15.9 Å². The number of carbonyl (C=O) groups excluding carboxylic acids is 1. The van der Waals surface area contributed by atoms with Gasteiger partial charge < -0.3 is 4.74 Å². The second-order valence-electron chi connectivity index (χ2n) is 2.79. The lowest BCUT2D eigenvalue weighted by Crippen LogP contribution is -2.08. The molecule has 0 atom stereocenters. The van der Waals surface area contributed by atoms with Crippen molar-refractivity contribution >= 4 is 21.9 Å². The molecule has 1 heterocycles. The smallest absolute Gasteiger partial charge is 0.339 e. The van der Waals surface area contributed by atoms with Crippen LogP contribution in [0.25, 0.3) is 0 Å². The SMILES string of the molecule is COC(=O)c1cnc(Br)c(C(F)F)c1C. The second-order valence-corrected chi connectivity index (χ2v) is 3.54. The number of hydrogen-bond donors (Lipinski definition) is 0. The first-order valence-electron chi connectivity index (χ1n) is 4.00. The Morgan fingerprint density at radius 1 is 1.60 bits per heavy atom. The molecule has 0 amide bonds. The number of rotatable bonds is 2. The van der Waals surface area contributed by atoms with Crippen molar-refractivity contribution in [3.63, 3.8) is 0 Å². The van der Waals surface area contributed by atoms with E-state index in [2.05, 4.69) is 25.7 Å².